The standard InChI is InChI=1S/C15H17F14NO4/c1-9(16,17)14(26,27)34-11(19,13(23,24)25)15(28,29)33-10(18,12(20,21)22)8(32)30-6-4-2-3-5-7-31/h31H,2-7H2,1H3,(H,30,32). The molecule has 0 spiro atoms. The Morgan fingerprint density at radius 2 is 1.18 bits per heavy atom. The largest absolute Gasteiger partial charge is 0.458 e. The maximum Gasteiger partial charge on any atom is 0.458 e. The lowest BCUT2D eigenvalue weighted by Gasteiger charge is -2.39. The maximum absolute atomic E-state index is 14.2. The van der Waals surface area contributed by atoms with Crippen LogP contribution in [0.1, 0.15) is 32.6 Å². The summed E-state index contributed by atoms with van der Waals surface area (Å²) in [6.45, 7) is -2.14. The topological polar surface area (TPSA) is 67.8 Å². The first-order valence-electron chi connectivity index (χ1n) is 8.84. The number of aliphatic hydroxyl groups excluding tert-OH is 1. The van der Waals surface area contributed by atoms with Crippen LogP contribution in [0.4, 0.5) is 61.5 Å². The first-order chi connectivity index (χ1) is 14.9. The molecular weight excluding hydrogens is 524 g/mol. The van der Waals surface area contributed by atoms with Crippen molar-refractivity contribution in [3.63, 3.8) is 0 Å². The summed E-state index contributed by atoms with van der Waals surface area (Å²) in [6.07, 6.45) is -28.5. The van der Waals surface area contributed by atoms with Gasteiger partial charge in [0, 0.05) is 20.1 Å². The van der Waals surface area contributed by atoms with Gasteiger partial charge in [0.2, 0.25) is 0 Å². The average Bonchev–Trinajstić information content (AvgIpc) is 2.60. The third-order valence-electron chi connectivity index (χ3n) is 3.81. The summed E-state index contributed by atoms with van der Waals surface area (Å²) >= 11 is 0. The highest BCUT2D eigenvalue weighted by atomic mass is 19.4. The second-order valence-electron chi connectivity index (χ2n) is 6.71. The third-order valence-corrected chi connectivity index (χ3v) is 3.81. The van der Waals surface area contributed by atoms with Gasteiger partial charge in [0.05, 0.1) is 0 Å². The number of aliphatic hydroxyl groups is 1. The molecule has 0 aromatic carbocycles. The Balaban J connectivity index is 6.09. The van der Waals surface area contributed by atoms with Crippen LogP contribution in [-0.4, -0.2) is 66.4 Å². The number of amides is 1. The summed E-state index contributed by atoms with van der Waals surface area (Å²) in [4.78, 5) is 11.5. The fourth-order valence-corrected chi connectivity index (χ4v) is 1.93. The molecule has 0 aliphatic heterocycles. The number of carbonyl (C=O) groups is 1. The second-order valence-corrected chi connectivity index (χ2v) is 6.71. The fourth-order valence-electron chi connectivity index (χ4n) is 1.93. The molecule has 5 nitrogen and oxygen atoms in total. The van der Waals surface area contributed by atoms with E-state index in [1.807, 2.05) is 4.74 Å². The van der Waals surface area contributed by atoms with Crippen molar-refractivity contribution in [3.05, 3.63) is 0 Å². The lowest BCUT2D eigenvalue weighted by atomic mass is 10.2. The molecule has 0 heterocycles. The molecule has 0 saturated heterocycles. The summed E-state index contributed by atoms with van der Waals surface area (Å²) < 4.78 is 189. The van der Waals surface area contributed by atoms with Gasteiger partial charge in [0.25, 0.3) is 5.91 Å². The molecule has 0 fully saturated rings. The van der Waals surface area contributed by atoms with Gasteiger partial charge in [-0.3, -0.25) is 14.3 Å². The Morgan fingerprint density at radius 1 is 0.706 bits per heavy atom. The lowest BCUT2D eigenvalue weighted by molar-refractivity contribution is -0.537. The minimum absolute atomic E-state index is 0.0684. The minimum atomic E-state index is -7.53. The summed E-state index contributed by atoms with van der Waals surface area (Å²) in [5, 5.41) is 9.54. The smallest absolute Gasteiger partial charge is 0.396 e. The van der Waals surface area contributed by atoms with Gasteiger partial charge < -0.3 is 10.4 Å². The van der Waals surface area contributed by atoms with Gasteiger partial charge in [-0.15, -0.1) is 0 Å². The van der Waals surface area contributed by atoms with Crippen molar-refractivity contribution in [3.8, 4) is 0 Å². The van der Waals surface area contributed by atoms with Gasteiger partial charge in [0.1, 0.15) is 0 Å². The number of nitrogens with one attached hydrogen (secondary N) is 1. The third kappa shape index (κ3) is 7.19. The predicted octanol–water partition coefficient (Wildman–Crippen LogP) is 4.99. The maximum atomic E-state index is 14.2. The molecule has 0 aromatic heterocycles. The number of rotatable bonds is 13. The van der Waals surface area contributed by atoms with Crippen molar-refractivity contribution in [2.24, 2.45) is 0 Å². The van der Waals surface area contributed by atoms with E-state index in [9.17, 15) is 66.3 Å². The van der Waals surface area contributed by atoms with E-state index in [-0.39, 0.29) is 32.3 Å². The first kappa shape index (κ1) is 32.4. The van der Waals surface area contributed by atoms with E-state index in [1.54, 1.807) is 0 Å². The number of unbranched alkanes of at least 4 members (excludes halogenated alkanes) is 3. The van der Waals surface area contributed by atoms with E-state index in [0.717, 1.165) is 5.32 Å². The van der Waals surface area contributed by atoms with E-state index >= 15 is 0 Å². The lowest BCUT2D eigenvalue weighted by Crippen LogP contribution is -2.67. The van der Waals surface area contributed by atoms with Crippen molar-refractivity contribution in [1.82, 2.24) is 5.32 Å². The molecule has 0 aliphatic carbocycles. The Kier molecular flexibility index (Phi) is 10.0. The van der Waals surface area contributed by atoms with Gasteiger partial charge in [-0.05, 0) is 12.8 Å². The average molecular weight is 541 g/mol. The normalized spacial score (nSPS) is 17.8. The second kappa shape index (κ2) is 10.5. The van der Waals surface area contributed by atoms with E-state index in [0.29, 0.717) is 0 Å². The number of hydrogen-bond donors (Lipinski definition) is 2. The molecule has 0 rings (SSSR count). The predicted molar refractivity (Wildman–Crippen MR) is 81.0 cm³/mol. The van der Waals surface area contributed by atoms with E-state index < -0.39 is 61.6 Å². The Morgan fingerprint density at radius 3 is 1.56 bits per heavy atom. The number of carbonyl (C=O) groups excluding carboxylic acids is 1. The molecule has 2 unspecified atom stereocenters. The summed E-state index contributed by atoms with van der Waals surface area (Å²) in [7, 11) is 0. The summed E-state index contributed by atoms with van der Waals surface area (Å²) in [6, 6.07) is 0. The van der Waals surface area contributed by atoms with Crippen LogP contribution in [0.15, 0.2) is 0 Å². The molecule has 0 bridgehead atoms. The fraction of sp³-hybridized carbons (Fsp3) is 0.933. The molecule has 0 aliphatic rings. The number of halogens is 14. The molecule has 19 heteroatoms. The van der Waals surface area contributed by atoms with Crippen LogP contribution >= 0.6 is 0 Å². The van der Waals surface area contributed by atoms with Gasteiger partial charge in [-0.25, -0.2) is 0 Å². The number of ether oxygens (including phenoxy) is 2. The zero-order valence-electron chi connectivity index (χ0n) is 16.7. The molecule has 2 N–H and O–H groups in total. The monoisotopic (exact) mass is 541 g/mol. The highest BCUT2D eigenvalue weighted by Crippen LogP contribution is 2.54. The summed E-state index contributed by atoms with van der Waals surface area (Å²) in [5.74, 6) is -23.0. The van der Waals surface area contributed by atoms with Crippen LogP contribution in [0.5, 0.6) is 0 Å². The van der Waals surface area contributed by atoms with Crippen molar-refractivity contribution in [2.75, 3.05) is 13.2 Å². The van der Waals surface area contributed by atoms with E-state index in [1.165, 1.54) is 0 Å². The summed E-state index contributed by atoms with van der Waals surface area (Å²) in [5.41, 5.74) is 0. The van der Waals surface area contributed by atoms with Gasteiger partial charge in [-0.1, -0.05) is 12.8 Å². The molecule has 0 aromatic rings. The minimum Gasteiger partial charge on any atom is -0.396 e. The van der Waals surface area contributed by atoms with E-state index in [4.69, 9.17) is 5.11 Å². The quantitative estimate of drug-likeness (QED) is 0.255. The van der Waals surface area contributed by atoms with Crippen molar-refractivity contribution >= 4 is 5.91 Å². The van der Waals surface area contributed by atoms with Crippen molar-refractivity contribution in [1.29, 1.82) is 0 Å². The molecule has 34 heavy (non-hydrogen) atoms. The SMILES string of the molecule is CC(F)(F)C(F)(F)OC(F)(C(F)(F)F)C(F)(F)OC(F)(C(=O)NCCCCCCO)C(F)(F)F. The molecule has 2 atom stereocenters. The van der Waals surface area contributed by atoms with Crippen LogP contribution in [0, 0.1) is 0 Å². The molecule has 1 amide bonds. The van der Waals surface area contributed by atoms with Gasteiger partial charge in [0.15, 0.2) is 0 Å². The van der Waals surface area contributed by atoms with Crippen LogP contribution in [-0.2, 0) is 14.3 Å². The van der Waals surface area contributed by atoms with Gasteiger partial charge in [-0.2, -0.15) is 61.5 Å². The first-order valence-corrected chi connectivity index (χ1v) is 8.84. The van der Waals surface area contributed by atoms with Crippen molar-refractivity contribution in [2.45, 2.75) is 74.8 Å². The molecule has 0 saturated carbocycles. The zero-order chi connectivity index (χ0) is 27.4. The Bertz CT molecular complexity index is 677. The van der Waals surface area contributed by atoms with Crippen LogP contribution in [0.3, 0.4) is 0 Å². The Hall–Kier alpha value is -1.63. The number of alkyl halides is 14. The molecule has 204 valence electrons. The van der Waals surface area contributed by atoms with E-state index in [2.05, 4.69) is 4.74 Å². The molecule has 0 radical (unpaired) electrons. The molecular formula is C15H17F14NO4. The van der Waals surface area contributed by atoms with Gasteiger partial charge >= 0.3 is 42.2 Å². The zero-order valence-corrected chi connectivity index (χ0v) is 16.7. The highest BCUT2D eigenvalue weighted by molar-refractivity contribution is 5.84. The van der Waals surface area contributed by atoms with Crippen LogP contribution < -0.4 is 5.32 Å². The van der Waals surface area contributed by atoms with Crippen LogP contribution in [0.25, 0.3) is 0 Å². The van der Waals surface area contributed by atoms with Crippen LogP contribution in [0.2, 0.25) is 0 Å². The Labute approximate surface area is 181 Å². The number of hydrogen-bond acceptors (Lipinski definition) is 4. The van der Waals surface area contributed by atoms with Crippen molar-refractivity contribution < 1.29 is 80.8 Å². The highest BCUT2D eigenvalue weighted by Gasteiger charge is 2.82.